The summed E-state index contributed by atoms with van der Waals surface area (Å²) in [4.78, 5) is 2.47. The first-order valence-electron chi connectivity index (χ1n) is 18.2. The fraction of sp³-hybridized carbons (Fsp3) is 0.125. The van der Waals surface area contributed by atoms with Crippen molar-refractivity contribution in [3.05, 3.63) is 197 Å². The zero-order valence-electron chi connectivity index (χ0n) is 29.0. The van der Waals surface area contributed by atoms with Crippen molar-refractivity contribution in [2.24, 2.45) is 0 Å². The molecule has 2 heterocycles. The minimum absolute atomic E-state index is 0.308. The van der Waals surface area contributed by atoms with E-state index >= 15 is 0 Å². The topological polar surface area (TPSA) is 12.5 Å². The third kappa shape index (κ3) is 4.83. The van der Waals surface area contributed by atoms with E-state index in [1.54, 1.807) is 0 Å². The summed E-state index contributed by atoms with van der Waals surface area (Å²) in [5.74, 6) is 2.87. The van der Waals surface area contributed by atoms with Crippen LogP contribution in [0.25, 0.3) is 27.5 Å². The van der Waals surface area contributed by atoms with Crippen LogP contribution in [0.15, 0.2) is 180 Å². The van der Waals surface area contributed by atoms with Gasteiger partial charge in [0.05, 0.1) is 0 Å². The Balaban J connectivity index is 1.07. The fourth-order valence-electron chi connectivity index (χ4n) is 8.96. The minimum Gasteiger partial charge on any atom is -0.460 e. The number of hydrogen-bond acceptors (Lipinski definition) is 2. The lowest BCUT2D eigenvalue weighted by Crippen LogP contribution is -2.40. The van der Waals surface area contributed by atoms with Crippen molar-refractivity contribution in [1.29, 1.82) is 0 Å². The number of nitrogens with zero attached hydrogens (tertiary/aromatic N) is 1. The van der Waals surface area contributed by atoms with Gasteiger partial charge in [-0.3, -0.25) is 0 Å². The van der Waals surface area contributed by atoms with E-state index < -0.39 is 8.07 Å². The van der Waals surface area contributed by atoms with Crippen LogP contribution in [0.3, 0.4) is 0 Å². The van der Waals surface area contributed by atoms with Crippen molar-refractivity contribution in [2.45, 2.75) is 37.8 Å². The summed E-state index contributed by atoms with van der Waals surface area (Å²) >= 11 is 0. The third-order valence-corrected chi connectivity index (χ3v) is 15.1. The Morgan fingerprint density at radius 1 is 0.667 bits per heavy atom. The lowest BCUT2D eigenvalue weighted by atomic mass is 9.87. The molecule has 3 heteroatoms. The van der Waals surface area contributed by atoms with Crippen LogP contribution in [0.2, 0.25) is 13.1 Å². The predicted octanol–water partition coefficient (Wildman–Crippen LogP) is 12.0. The monoisotopic (exact) mass is 673 g/mol. The average molecular weight is 674 g/mol. The molecule has 0 saturated carbocycles. The fourth-order valence-corrected chi connectivity index (χ4v) is 12.1. The van der Waals surface area contributed by atoms with Crippen molar-refractivity contribution < 1.29 is 4.74 Å². The highest BCUT2D eigenvalue weighted by Gasteiger charge is 2.47. The molecular weight excluding hydrogens is 635 g/mol. The summed E-state index contributed by atoms with van der Waals surface area (Å²) in [7, 11) is -1.99. The van der Waals surface area contributed by atoms with Gasteiger partial charge in [0.15, 0.2) is 0 Å². The summed E-state index contributed by atoms with van der Waals surface area (Å²) in [6.45, 7) is 5.04. The van der Waals surface area contributed by atoms with Crippen molar-refractivity contribution in [1.82, 2.24) is 0 Å². The molecule has 0 amide bonds. The Hall–Kier alpha value is -5.64. The van der Waals surface area contributed by atoms with Gasteiger partial charge in [-0.2, -0.15) is 0 Å². The number of para-hydroxylation sites is 1. The molecule has 0 saturated heterocycles. The van der Waals surface area contributed by atoms with Crippen LogP contribution in [0, 0.1) is 0 Å². The molecule has 0 bridgehead atoms. The molecule has 6 aromatic rings. The Bertz CT molecular complexity index is 2480. The first-order valence-corrected chi connectivity index (χ1v) is 21.2. The standard InChI is InChI=1S/C48H39NOSi/c1-51(2)45-30-29-42-41-16-8-9-18-44(41)50-48(42)47(45)43-28-27-38(31-46(43)51)49(36-23-19-33(20-24-36)32-11-4-3-5-12-32)37-25-21-35(22-26-37)40-17-10-14-34-13-6-7-15-39(34)40/h3-19,21-28,30-31,33,42H,20,29H2,1-2H3. The molecule has 0 fully saturated rings. The molecule has 10 rings (SSSR count). The van der Waals surface area contributed by atoms with Crippen molar-refractivity contribution >= 4 is 41.0 Å². The van der Waals surface area contributed by atoms with Crippen LogP contribution in [-0.4, -0.2) is 8.07 Å². The first kappa shape index (κ1) is 30.2. The second-order valence-corrected chi connectivity index (χ2v) is 19.1. The van der Waals surface area contributed by atoms with Gasteiger partial charge in [-0.25, -0.2) is 0 Å². The number of benzene rings is 6. The maximum absolute atomic E-state index is 6.67. The highest BCUT2D eigenvalue weighted by molar-refractivity contribution is 7.00. The lowest BCUT2D eigenvalue weighted by molar-refractivity contribution is 0.428. The summed E-state index contributed by atoms with van der Waals surface area (Å²) in [6.07, 6.45) is 11.7. The second kappa shape index (κ2) is 11.7. The number of hydrogen-bond donors (Lipinski definition) is 0. The molecule has 2 aliphatic heterocycles. The Morgan fingerprint density at radius 2 is 1.43 bits per heavy atom. The van der Waals surface area contributed by atoms with Gasteiger partial charge in [-0.1, -0.05) is 141 Å². The predicted molar refractivity (Wildman–Crippen MR) is 216 cm³/mol. The highest BCUT2D eigenvalue weighted by atomic mass is 28.3. The van der Waals surface area contributed by atoms with Crippen LogP contribution in [-0.2, 0) is 0 Å². The average Bonchev–Trinajstić information content (AvgIpc) is 3.67. The first-order chi connectivity index (χ1) is 25.0. The quantitative estimate of drug-likeness (QED) is 0.169. The van der Waals surface area contributed by atoms with E-state index in [-0.39, 0.29) is 0 Å². The van der Waals surface area contributed by atoms with Crippen LogP contribution < -0.4 is 14.8 Å². The summed E-state index contributed by atoms with van der Waals surface area (Å²) in [5.41, 5.74) is 11.5. The van der Waals surface area contributed by atoms with Crippen LogP contribution in [0.1, 0.15) is 41.4 Å². The Morgan fingerprint density at radius 3 is 2.27 bits per heavy atom. The van der Waals surface area contributed by atoms with E-state index in [9.17, 15) is 0 Å². The van der Waals surface area contributed by atoms with Crippen molar-refractivity contribution in [3.63, 3.8) is 0 Å². The molecule has 51 heavy (non-hydrogen) atoms. The van der Waals surface area contributed by atoms with E-state index in [4.69, 9.17) is 4.74 Å². The van der Waals surface area contributed by atoms with Gasteiger partial charge in [-0.05, 0) is 92.7 Å². The molecule has 0 radical (unpaired) electrons. The number of rotatable bonds is 5. The molecule has 2 atom stereocenters. The van der Waals surface area contributed by atoms with Gasteiger partial charge in [-0.15, -0.1) is 0 Å². The zero-order chi connectivity index (χ0) is 34.1. The van der Waals surface area contributed by atoms with Gasteiger partial charge >= 0.3 is 0 Å². The van der Waals surface area contributed by atoms with Crippen LogP contribution in [0.5, 0.6) is 5.75 Å². The van der Waals surface area contributed by atoms with E-state index in [1.165, 1.54) is 71.6 Å². The number of ether oxygens (including phenoxy) is 1. The molecule has 2 aliphatic carbocycles. The summed E-state index contributed by atoms with van der Waals surface area (Å²) < 4.78 is 6.67. The van der Waals surface area contributed by atoms with Crippen molar-refractivity contribution in [2.75, 3.05) is 4.90 Å². The molecule has 2 nitrogen and oxygen atoms in total. The van der Waals surface area contributed by atoms with Gasteiger partial charge in [0.1, 0.15) is 19.6 Å². The largest absolute Gasteiger partial charge is 0.460 e. The summed E-state index contributed by atoms with van der Waals surface area (Å²) in [5, 5.41) is 5.57. The normalized spacial score (nSPS) is 19.4. The Labute approximate surface area is 301 Å². The van der Waals surface area contributed by atoms with E-state index in [0.717, 1.165) is 24.4 Å². The maximum Gasteiger partial charge on any atom is 0.130 e. The molecule has 0 N–H and O–H groups in total. The number of fused-ring (bicyclic) bond motifs is 7. The molecule has 4 aliphatic rings. The van der Waals surface area contributed by atoms with E-state index in [2.05, 4.69) is 182 Å². The van der Waals surface area contributed by atoms with Crippen LogP contribution in [0.4, 0.5) is 11.4 Å². The molecule has 0 spiro atoms. The van der Waals surface area contributed by atoms with Gasteiger partial charge in [0, 0.05) is 40.0 Å². The highest BCUT2D eigenvalue weighted by Crippen LogP contribution is 2.53. The molecule has 246 valence electrons. The zero-order valence-corrected chi connectivity index (χ0v) is 30.0. The van der Waals surface area contributed by atoms with E-state index in [1.807, 2.05) is 0 Å². The van der Waals surface area contributed by atoms with Gasteiger partial charge in [0.2, 0.25) is 0 Å². The number of allylic oxidation sites excluding steroid dienone is 7. The Kier molecular flexibility index (Phi) is 6.94. The van der Waals surface area contributed by atoms with Crippen LogP contribution >= 0.6 is 0 Å². The third-order valence-electron chi connectivity index (χ3n) is 11.6. The van der Waals surface area contributed by atoms with E-state index in [0.29, 0.717) is 11.8 Å². The molecule has 2 unspecified atom stereocenters. The molecular formula is C48H39NOSi. The second-order valence-electron chi connectivity index (χ2n) is 14.8. The maximum atomic E-state index is 6.67. The lowest BCUT2D eigenvalue weighted by Gasteiger charge is -2.30. The summed E-state index contributed by atoms with van der Waals surface area (Å²) in [6, 6.07) is 51.1. The minimum atomic E-state index is -1.99. The van der Waals surface area contributed by atoms with Gasteiger partial charge in [0.25, 0.3) is 0 Å². The SMILES string of the molecule is C[Si]1(C)C2=CCC3C(=C2c2ccc(N(C4=CCC(c5ccccc5)C=C4)c4ccc(-c5cccc6ccccc56)cc4)cc21)Oc1ccccc13. The van der Waals surface area contributed by atoms with Crippen molar-refractivity contribution in [3.8, 4) is 16.9 Å². The molecule has 6 aromatic carbocycles. The number of anilines is 2. The molecule has 0 aromatic heterocycles. The van der Waals surface area contributed by atoms with Gasteiger partial charge < -0.3 is 9.64 Å². The smallest absolute Gasteiger partial charge is 0.130 e.